The molecule has 0 spiro atoms. The van der Waals surface area contributed by atoms with Gasteiger partial charge in [-0.2, -0.15) is 0 Å². The summed E-state index contributed by atoms with van der Waals surface area (Å²) < 4.78 is 0. The number of carbonyl (C=O) groups is 1. The number of nitrogen functional groups attached to an aromatic ring is 1. The third kappa shape index (κ3) is 5.58. The van der Waals surface area contributed by atoms with Crippen molar-refractivity contribution in [3.63, 3.8) is 0 Å². The largest absolute Gasteiger partial charge is 0.393 e. The summed E-state index contributed by atoms with van der Waals surface area (Å²) in [6.45, 7) is 2.17. The monoisotopic (exact) mass is 342 g/mol. The topological polar surface area (TPSA) is 102 Å². The second-order valence-corrected chi connectivity index (χ2v) is 5.86. The minimum atomic E-state index is -0.593. The molecule has 0 saturated carbocycles. The van der Waals surface area contributed by atoms with Gasteiger partial charge in [0.05, 0.1) is 4.92 Å². The van der Waals surface area contributed by atoms with Crippen molar-refractivity contribution in [2.75, 3.05) is 25.9 Å². The molecule has 25 heavy (non-hydrogen) atoms. The number of carbonyl (C=O) groups excluding carboxylic acids is 1. The van der Waals surface area contributed by atoms with Crippen molar-refractivity contribution in [2.24, 2.45) is 0 Å². The van der Waals surface area contributed by atoms with Crippen LogP contribution in [0.2, 0.25) is 0 Å². The standard InChI is InChI=1S/C18H22N4O3/c1-21(13-14-6-3-2-4-7-14)11-5-10-20-18(23)15-8-9-16(19)17(12-15)22(24)25/h2-4,6-9,12H,5,10-11,13,19H2,1H3,(H,20,23). The van der Waals surface area contributed by atoms with Gasteiger partial charge in [-0.15, -0.1) is 0 Å². The second-order valence-electron chi connectivity index (χ2n) is 5.86. The zero-order valence-electron chi connectivity index (χ0n) is 14.1. The highest BCUT2D eigenvalue weighted by Gasteiger charge is 2.15. The van der Waals surface area contributed by atoms with Crippen LogP contribution in [0.3, 0.4) is 0 Å². The van der Waals surface area contributed by atoms with Crippen LogP contribution in [-0.4, -0.2) is 35.9 Å². The Morgan fingerprint density at radius 3 is 2.64 bits per heavy atom. The minimum Gasteiger partial charge on any atom is -0.393 e. The summed E-state index contributed by atoms with van der Waals surface area (Å²) in [6, 6.07) is 14.2. The van der Waals surface area contributed by atoms with Crippen molar-refractivity contribution >= 4 is 17.3 Å². The molecule has 2 rings (SSSR count). The summed E-state index contributed by atoms with van der Waals surface area (Å²) in [4.78, 5) is 24.5. The van der Waals surface area contributed by atoms with E-state index in [4.69, 9.17) is 5.73 Å². The van der Waals surface area contributed by atoms with Crippen LogP contribution >= 0.6 is 0 Å². The van der Waals surface area contributed by atoms with Crippen LogP contribution in [0, 0.1) is 10.1 Å². The van der Waals surface area contributed by atoms with Gasteiger partial charge in [0.1, 0.15) is 5.69 Å². The number of anilines is 1. The number of nitrogens with one attached hydrogen (secondary N) is 1. The van der Waals surface area contributed by atoms with Gasteiger partial charge in [0.15, 0.2) is 0 Å². The number of nitrogens with zero attached hydrogens (tertiary/aromatic N) is 2. The zero-order chi connectivity index (χ0) is 18.2. The number of hydrogen-bond acceptors (Lipinski definition) is 5. The molecule has 0 unspecified atom stereocenters. The van der Waals surface area contributed by atoms with Gasteiger partial charge in [-0.05, 0) is 37.7 Å². The maximum absolute atomic E-state index is 12.1. The Hall–Kier alpha value is -2.93. The van der Waals surface area contributed by atoms with E-state index in [1.807, 2.05) is 25.2 Å². The van der Waals surface area contributed by atoms with Crippen LogP contribution in [0.15, 0.2) is 48.5 Å². The molecule has 0 aromatic heterocycles. The molecule has 0 aliphatic carbocycles. The van der Waals surface area contributed by atoms with E-state index < -0.39 is 4.92 Å². The number of nitrogens with two attached hydrogens (primary N) is 1. The van der Waals surface area contributed by atoms with Gasteiger partial charge in [-0.1, -0.05) is 30.3 Å². The lowest BCUT2D eigenvalue weighted by atomic mass is 10.1. The van der Waals surface area contributed by atoms with Gasteiger partial charge in [-0.3, -0.25) is 14.9 Å². The Bertz CT molecular complexity index is 734. The van der Waals surface area contributed by atoms with Crippen molar-refractivity contribution in [1.29, 1.82) is 0 Å². The van der Waals surface area contributed by atoms with Gasteiger partial charge in [0.25, 0.3) is 11.6 Å². The van der Waals surface area contributed by atoms with Gasteiger partial charge >= 0.3 is 0 Å². The SMILES string of the molecule is CN(CCCNC(=O)c1ccc(N)c([N+](=O)[O-])c1)Cc1ccccc1. The van der Waals surface area contributed by atoms with Crippen LogP contribution < -0.4 is 11.1 Å². The number of nitro benzene ring substituents is 1. The Labute approximate surface area is 146 Å². The van der Waals surface area contributed by atoms with Gasteiger partial charge in [0.2, 0.25) is 0 Å². The fourth-order valence-corrected chi connectivity index (χ4v) is 2.47. The molecule has 2 aromatic carbocycles. The highest BCUT2D eigenvalue weighted by atomic mass is 16.6. The Morgan fingerprint density at radius 1 is 1.24 bits per heavy atom. The first-order chi connectivity index (χ1) is 12.0. The molecule has 0 heterocycles. The average Bonchev–Trinajstić information content (AvgIpc) is 2.59. The first-order valence-corrected chi connectivity index (χ1v) is 8.02. The third-order valence-electron chi connectivity index (χ3n) is 3.79. The molecular formula is C18H22N4O3. The molecule has 0 aliphatic heterocycles. The van der Waals surface area contributed by atoms with Gasteiger partial charge in [-0.25, -0.2) is 0 Å². The van der Waals surface area contributed by atoms with E-state index in [1.165, 1.54) is 23.8 Å². The average molecular weight is 342 g/mol. The van der Waals surface area contributed by atoms with Crippen LogP contribution in [0.5, 0.6) is 0 Å². The number of nitro groups is 1. The minimum absolute atomic E-state index is 0.0455. The van der Waals surface area contributed by atoms with E-state index in [1.54, 1.807) is 0 Å². The fraction of sp³-hybridized carbons (Fsp3) is 0.278. The van der Waals surface area contributed by atoms with Crippen molar-refractivity contribution in [3.8, 4) is 0 Å². The lowest BCUT2D eigenvalue weighted by molar-refractivity contribution is -0.383. The van der Waals surface area contributed by atoms with E-state index in [-0.39, 0.29) is 22.8 Å². The van der Waals surface area contributed by atoms with E-state index >= 15 is 0 Å². The molecule has 132 valence electrons. The lowest BCUT2D eigenvalue weighted by Gasteiger charge is -2.16. The molecule has 0 bridgehead atoms. The summed E-state index contributed by atoms with van der Waals surface area (Å²) in [5.41, 5.74) is 6.79. The van der Waals surface area contributed by atoms with E-state index in [0.29, 0.717) is 6.54 Å². The van der Waals surface area contributed by atoms with E-state index in [2.05, 4.69) is 22.3 Å². The molecule has 7 nitrogen and oxygen atoms in total. The highest BCUT2D eigenvalue weighted by Crippen LogP contribution is 2.22. The molecule has 0 atom stereocenters. The summed E-state index contributed by atoms with van der Waals surface area (Å²) in [5.74, 6) is -0.339. The summed E-state index contributed by atoms with van der Waals surface area (Å²) >= 11 is 0. The molecule has 0 radical (unpaired) electrons. The number of hydrogen-bond donors (Lipinski definition) is 2. The molecule has 2 aromatic rings. The summed E-state index contributed by atoms with van der Waals surface area (Å²) in [6.07, 6.45) is 0.784. The molecular weight excluding hydrogens is 320 g/mol. The normalized spacial score (nSPS) is 10.6. The van der Waals surface area contributed by atoms with Crippen LogP contribution in [0.1, 0.15) is 22.3 Å². The lowest BCUT2D eigenvalue weighted by Crippen LogP contribution is -2.28. The molecule has 3 N–H and O–H groups in total. The van der Waals surface area contributed by atoms with Gasteiger partial charge in [0, 0.05) is 24.7 Å². The third-order valence-corrected chi connectivity index (χ3v) is 3.79. The van der Waals surface area contributed by atoms with Crippen LogP contribution in [0.4, 0.5) is 11.4 Å². The molecule has 0 fully saturated rings. The maximum atomic E-state index is 12.1. The number of rotatable bonds is 8. The zero-order valence-corrected chi connectivity index (χ0v) is 14.1. The van der Waals surface area contributed by atoms with Gasteiger partial charge < -0.3 is 16.0 Å². The Balaban J connectivity index is 1.77. The first-order valence-electron chi connectivity index (χ1n) is 8.02. The van der Waals surface area contributed by atoms with Crippen LogP contribution in [0.25, 0.3) is 0 Å². The second kappa shape index (κ2) is 8.79. The Kier molecular flexibility index (Phi) is 6.47. The number of benzene rings is 2. The van der Waals surface area contributed by atoms with E-state index in [0.717, 1.165) is 19.5 Å². The van der Waals surface area contributed by atoms with Crippen molar-refractivity contribution in [2.45, 2.75) is 13.0 Å². The van der Waals surface area contributed by atoms with E-state index in [9.17, 15) is 14.9 Å². The maximum Gasteiger partial charge on any atom is 0.292 e. The predicted octanol–water partition coefficient (Wildman–Crippen LogP) is 2.43. The quantitative estimate of drug-likeness (QED) is 0.332. The smallest absolute Gasteiger partial charge is 0.292 e. The first kappa shape index (κ1) is 18.4. The highest BCUT2D eigenvalue weighted by molar-refractivity contribution is 5.95. The number of amides is 1. The summed E-state index contributed by atoms with van der Waals surface area (Å²) in [5, 5.41) is 13.6. The predicted molar refractivity (Wildman–Crippen MR) is 97.2 cm³/mol. The molecule has 7 heteroatoms. The van der Waals surface area contributed by atoms with Crippen LogP contribution in [-0.2, 0) is 6.54 Å². The molecule has 0 saturated heterocycles. The fourth-order valence-electron chi connectivity index (χ4n) is 2.47. The van der Waals surface area contributed by atoms with Crippen molar-refractivity contribution in [1.82, 2.24) is 10.2 Å². The van der Waals surface area contributed by atoms with Crippen molar-refractivity contribution < 1.29 is 9.72 Å². The Morgan fingerprint density at radius 2 is 1.96 bits per heavy atom. The summed E-state index contributed by atoms with van der Waals surface area (Å²) in [7, 11) is 2.03. The molecule has 1 amide bonds. The molecule has 0 aliphatic rings. The van der Waals surface area contributed by atoms with Crippen molar-refractivity contribution in [3.05, 3.63) is 69.8 Å².